The number of aromatic nitrogens is 1. The molecule has 0 saturated carbocycles. The Balaban J connectivity index is 1.98. The molecule has 0 aliphatic heterocycles. The first-order valence-corrected chi connectivity index (χ1v) is 6.25. The van der Waals surface area contributed by atoms with Crippen molar-refractivity contribution in [2.75, 3.05) is 0 Å². The van der Waals surface area contributed by atoms with Crippen LogP contribution in [0, 0.1) is 25.5 Å². The lowest BCUT2D eigenvalue weighted by atomic mass is 10.2. The average molecular weight is 264 g/mol. The minimum Gasteiger partial charge on any atom is -0.352 e. The number of benzene rings is 1. The van der Waals surface area contributed by atoms with Gasteiger partial charge in [-0.15, -0.1) is 0 Å². The first-order valence-electron chi connectivity index (χ1n) is 6.25. The number of nitrogens with one attached hydrogen (secondary N) is 1. The lowest BCUT2D eigenvalue weighted by molar-refractivity contribution is 0.560. The van der Waals surface area contributed by atoms with Crippen LogP contribution in [0.1, 0.15) is 22.5 Å². The van der Waals surface area contributed by atoms with Crippen molar-refractivity contribution in [2.24, 2.45) is 7.05 Å². The van der Waals surface area contributed by atoms with Crippen LogP contribution in [0.25, 0.3) is 0 Å². The summed E-state index contributed by atoms with van der Waals surface area (Å²) in [5.41, 5.74) is 4.07. The van der Waals surface area contributed by atoms with Crippen LogP contribution in [0.15, 0.2) is 24.3 Å². The van der Waals surface area contributed by atoms with Gasteiger partial charge in [-0.25, -0.2) is 8.78 Å². The Kier molecular flexibility index (Phi) is 4.00. The molecule has 0 saturated heterocycles. The molecule has 2 rings (SSSR count). The number of aryl methyl sites for hydroxylation is 1. The molecular weight excluding hydrogens is 246 g/mol. The van der Waals surface area contributed by atoms with Crippen LogP contribution < -0.4 is 5.32 Å². The quantitative estimate of drug-likeness (QED) is 0.897. The molecule has 1 aromatic carbocycles. The zero-order valence-corrected chi connectivity index (χ0v) is 11.4. The molecule has 0 amide bonds. The van der Waals surface area contributed by atoms with Crippen LogP contribution in [-0.4, -0.2) is 4.57 Å². The van der Waals surface area contributed by atoms with Crippen LogP contribution in [0.5, 0.6) is 0 Å². The molecule has 1 N–H and O–H groups in total. The summed E-state index contributed by atoms with van der Waals surface area (Å²) in [4.78, 5) is 0. The van der Waals surface area contributed by atoms with Gasteiger partial charge in [-0.2, -0.15) is 0 Å². The molecule has 19 heavy (non-hydrogen) atoms. The Bertz CT molecular complexity index is 588. The van der Waals surface area contributed by atoms with Gasteiger partial charge in [0.25, 0.3) is 0 Å². The summed E-state index contributed by atoms with van der Waals surface area (Å²) in [6.45, 7) is 5.17. The molecule has 0 aliphatic carbocycles. The van der Waals surface area contributed by atoms with Crippen molar-refractivity contribution in [2.45, 2.75) is 26.9 Å². The Morgan fingerprint density at radius 1 is 1.05 bits per heavy atom. The molecule has 0 aliphatic rings. The summed E-state index contributed by atoms with van der Waals surface area (Å²) in [6, 6.07) is 5.77. The van der Waals surface area contributed by atoms with E-state index in [1.54, 1.807) is 0 Å². The minimum atomic E-state index is -0.546. The maximum Gasteiger partial charge on any atom is 0.130 e. The van der Waals surface area contributed by atoms with Crippen molar-refractivity contribution in [3.05, 3.63) is 58.4 Å². The van der Waals surface area contributed by atoms with Crippen LogP contribution in [0.3, 0.4) is 0 Å². The molecule has 0 fully saturated rings. The second-order valence-electron chi connectivity index (χ2n) is 4.79. The van der Waals surface area contributed by atoms with Crippen LogP contribution in [0.2, 0.25) is 0 Å². The zero-order chi connectivity index (χ0) is 14.0. The van der Waals surface area contributed by atoms with Crippen LogP contribution >= 0.6 is 0 Å². The van der Waals surface area contributed by atoms with E-state index in [-0.39, 0.29) is 0 Å². The third-order valence-electron chi connectivity index (χ3n) is 3.53. The Morgan fingerprint density at radius 2 is 1.74 bits per heavy atom. The van der Waals surface area contributed by atoms with Crippen molar-refractivity contribution >= 4 is 0 Å². The number of halogens is 2. The highest BCUT2D eigenvalue weighted by molar-refractivity contribution is 5.26. The summed E-state index contributed by atoms with van der Waals surface area (Å²) in [6.07, 6.45) is 0. The van der Waals surface area contributed by atoms with E-state index in [0.717, 1.165) is 6.07 Å². The molecule has 0 spiro atoms. The normalized spacial score (nSPS) is 11.0. The van der Waals surface area contributed by atoms with E-state index in [2.05, 4.69) is 29.8 Å². The van der Waals surface area contributed by atoms with Crippen LogP contribution in [0.4, 0.5) is 8.78 Å². The van der Waals surface area contributed by atoms with Gasteiger partial charge in [0.05, 0.1) is 0 Å². The molecule has 1 aromatic heterocycles. The second kappa shape index (κ2) is 5.53. The highest BCUT2D eigenvalue weighted by Crippen LogP contribution is 2.14. The molecule has 0 radical (unpaired) electrons. The molecule has 0 atom stereocenters. The molecule has 2 nitrogen and oxygen atoms in total. The monoisotopic (exact) mass is 264 g/mol. The topological polar surface area (TPSA) is 17.0 Å². The number of hydrogen-bond donors (Lipinski definition) is 1. The van der Waals surface area contributed by atoms with Gasteiger partial charge >= 0.3 is 0 Å². The predicted octanol–water partition coefficient (Wildman–Crippen LogP) is 3.21. The Hall–Kier alpha value is -1.68. The highest BCUT2D eigenvalue weighted by Gasteiger charge is 2.07. The summed E-state index contributed by atoms with van der Waals surface area (Å²) in [5.74, 6) is -1.05. The van der Waals surface area contributed by atoms with Crippen molar-refractivity contribution < 1.29 is 8.78 Å². The van der Waals surface area contributed by atoms with Crippen molar-refractivity contribution in [3.8, 4) is 0 Å². The van der Waals surface area contributed by atoms with E-state index in [1.807, 2.05) is 7.05 Å². The third-order valence-corrected chi connectivity index (χ3v) is 3.53. The van der Waals surface area contributed by atoms with Gasteiger partial charge in [0.2, 0.25) is 0 Å². The van der Waals surface area contributed by atoms with Gasteiger partial charge in [0.15, 0.2) is 0 Å². The summed E-state index contributed by atoms with van der Waals surface area (Å²) in [5, 5.41) is 3.18. The maximum absolute atomic E-state index is 13.4. The van der Waals surface area contributed by atoms with Gasteiger partial charge in [-0.1, -0.05) is 6.07 Å². The molecule has 1 heterocycles. The van der Waals surface area contributed by atoms with Gasteiger partial charge < -0.3 is 9.88 Å². The number of rotatable bonds is 4. The average Bonchev–Trinajstić information content (AvgIpc) is 2.60. The number of hydrogen-bond acceptors (Lipinski definition) is 1. The molecule has 0 bridgehead atoms. The lowest BCUT2D eigenvalue weighted by Crippen LogP contribution is -2.14. The largest absolute Gasteiger partial charge is 0.352 e. The first-order chi connectivity index (χ1) is 8.99. The Morgan fingerprint density at radius 3 is 2.32 bits per heavy atom. The fourth-order valence-corrected chi connectivity index (χ4v) is 2.11. The van der Waals surface area contributed by atoms with Gasteiger partial charge in [-0.05, 0) is 31.5 Å². The van der Waals surface area contributed by atoms with Crippen molar-refractivity contribution in [1.82, 2.24) is 9.88 Å². The maximum atomic E-state index is 13.4. The molecular formula is C15H18F2N2. The van der Waals surface area contributed by atoms with Gasteiger partial charge in [0.1, 0.15) is 11.6 Å². The van der Waals surface area contributed by atoms with E-state index >= 15 is 0 Å². The molecule has 102 valence electrons. The molecule has 2 aromatic rings. The van der Waals surface area contributed by atoms with Gasteiger partial charge in [0, 0.05) is 43.2 Å². The fourth-order valence-electron chi connectivity index (χ4n) is 2.11. The standard InChI is InChI=1S/C15H18F2N2/c1-10-6-13(11(2)19(10)3)9-18-8-12-4-5-14(16)7-15(12)17/h4-7,18H,8-9H2,1-3H3. The summed E-state index contributed by atoms with van der Waals surface area (Å²) in [7, 11) is 2.02. The highest BCUT2D eigenvalue weighted by atomic mass is 19.1. The summed E-state index contributed by atoms with van der Waals surface area (Å²) < 4.78 is 28.3. The Labute approximate surface area is 112 Å². The minimum absolute atomic E-state index is 0.388. The van der Waals surface area contributed by atoms with E-state index in [9.17, 15) is 8.78 Å². The molecule has 4 heteroatoms. The third kappa shape index (κ3) is 3.01. The zero-order valence-electron chi connectivity index (χ0n) is 11.4. The van der Waals surface area contributed by atoms with E-state index in [4.69, 9.17) is 0 Å². The number of nitrogens with zero attached hydrogens (tertiary/aromatic N) is 1. The van der Waals surface area contributed by atoms with E-state index in [1.165, 1.54) is 29.1 Å². The van der Waals surface area contributed by atoms with E-state index in [0.29, 0.717) is 18.7 Å². The van der Waals surface area contributed by atoms with Crippen molar-refractivity contribution in [1.29, 1.82) is 0 Å². The fraction of sp³-hybridized carbons (Fsp3) is 0.333. The SMILES string of the molecule is Cc1cc(CNCc2ccc(F)cc2F)c(C)n1C. The van der Waals surface area contributed by atoms with E-state index < -0.39 is 11.6 Å². The molecule has 0 unspecified atom stereocenters. The van der Waals surface area contributed by atoms with Gasteiger partial charge in [-0.3, -0.25) is 0 Å². The predicted molar refractivity (Wildman–Crippen MR) is 71.8 cm³/mol. The van der Waals surface area contributed by atoms with Crippen molar-refractivity contribution in [3.63, 3.8) is 0 Å². The second-order valence-corrected chi connectivity index (χ2v) is 4.79. The smallest absolute Gasteiger partial charge is 0.130 e. The summed E-state index contributed by atoms with van der Waals surface area (Å²) >= 11 is 0. The van der Waals surface area contributed by atoms with Crippen LogP contribution in [-0.2, 0) is 20.1 Å². The lowest BCUT2D eigenvalue weighted by Gasteiger charge is -2.06. The first kappa shape index (κ1) is 13.7.